The minimum atomic E-state index is -0.217. The second-order valence-corrected chi connectivity index (χ2v) is 7.73. The molecule has 1 aliphatic carbocycles. The fraction of sp³-hybridized carbons (Fsp3) is 0.364. The molecule has 0 spiro atoms. The highest BCUT2D eigenvalue weighted by Gasteiger charge is 2.24. The highest BCUT2D eigenvalue weighted by molar-refractivity contribution is 6.34. The quantitative estimate of drug-likeness (QED) is 0.708. The van der Waals surface area contributed by atoms with E-state index in [2.05, 4.69) is 36.3 Å². The first-order valence-electron chi connectivity index (χ1n) is 9.67. The molecular formula is C22H26ClN3O2. The van der Waals surface area contributed by atoms with E-state index in [0.29, 0.717) is 27.9 Å². The third kappa shape index (κ3) is 4.84. The van der Waals surface area contributed by atoms with E-state index in [-0.39, 0.29) is 17.9 Å². The average Bonchev–Trinajstić information content (AvgIpc) is 3.46. The Balaban J connectivity index is 1.67. The molecule has 0 radical (unpaired) electrons. The van der Waals surface area contributed by atoms with Crippen molar-refractivity contribution in [3.8, 4) is 0 Å². The van der Waals surface area contributed by atoms with Crippen LogP contribution in [0.2, 0.25) is 5.02 Å². The average molecular weight is 400 g/mol. The van der Waals surface area contributed by atoms with Crippen molar-refractivity contribution < 1.29 is 9.59 Å². The Labute approximate surface area is 171 Å². The smallest absolute Gasteiger partial charge is 0.255 e. The van der Waals surface area contributed by atoms with Gasteiger partial charge >= 0.3 is 0 Å². The molecule has 2 amide bonds. The second kappa shape index (κ2) is 8.65. The van der Waals surface area contributed by atoms with Gasteiger partial charge in [-0.05, 0) is 76.1 Å². The fourth-order valence-electron chi connectivity index (χ4n) is 3.12. The molecule has 2 aromatic carbocycles. The Bertz CT molecular complexity index is 861. The number of nitrogens with one attached hydrogen (secondary N) is 2. The largest absolute Gasteiger partial charge is 0.369 e. The number of anilines is 2. The standard InChI is InChI=1S/C22H26ClN3O2/c1-4-26(14(2)3)18-10-5-15(6-11-18)21(27)25-17-9-12-19(20(23)13-17)22(28)24-16-7-8-16/h5-6,9-14,16H,4,7-8H2,1-3H3,(H,24,28)(H,25,27). The molecule has 148 valence electrons. The van der Waals surface area contributed by atoms with Gasteiger partial charge < -0.3 is 15.5 Å². The zero-order valence-electron chi connectivity index (χ0n) is 16.5. The van der Waals surface area contributed by atoms with Gasteiger partial charge in [0.15, 0.2) is 0 Å². The maximum Gasteiger partial charge on any atom is 0.255 e. The van der Waals surface area contributed by atoms with Gasteiger partial charge in [-0.1, -0.05) is 11.6 Å². The first-order chi connectivity index (χ1) is 13.4. The summed E-state index contributed by atoms with van der Waals surface area (Å²) < 4.78 is 0. The minimum absolute atomic E-state index is 0.174. The highest BCUT2D eigenvalue weighted by atomic mass is 35.5. The van der Waals surface area contributed by atoms with Gasteiger partial charge in [-0.25, -0.2) is 0 Å². The van der Waals surface area contributed by atoms with Crippen LogP contribution >= 0.6 is 11.6 Å². The summed E-state index contributed by atoms with van der Waals surface area (Å²) in [6, 6.07) is 13.1. The lowest BCUT2D eigenvalue weighted by Gasteiger charge is -2.27. The maximum atomic E-state index is 12.5. The number of rotatable bonds is 7. The lowest BCUT2D eigenvalue weighted by molar-refractivity contribution is 0.0950. The van der Waals surface area contributed by atoms with Crippen molar-refractivity contribution in [1.82, 2.24) is 5.32 Å². The molecule has 2 aromatic rings. The summed E-state index contributed by atoms with van der Waals surface area (Å²) in [6.07, 6.45) is 2.03. The van der Waals surface area contributed by atoms with Crippen molar-refractivity contribution in [2.24, 2.45) is 0 Å². The monoisotopic (exact) mass is 399 g/mol. The summed E-state index contributed by atoms with van der Waals surface area (Å²) in [6.45, 7) is 7.30. The van der Waals surface area contributed by atoms with E-state index in [4.69, 9.17) is 11.6 Å². The van der Waals surface area contributed by atoms with Crippen LogP contribution in [0.15, 0.2) is 42.5 Å². The van der Waals surface area contributed by atoms with Crippen LogP contribution in [0.4, 0.5) is 11.4 Å². The Morgan fingerprint density at radius 2 is 1.79 bits per heavy atom. The van der Waals surface area contributed by atoms with E-state index in [1.807, 2.05) is 24.3 Å². The molecule has 0 heterocycles. The van der Waals surface area contributed by atoms with Crippen molar-refractivity contribution >= 4 is 34.8 Å². The van der Waals surface area contributed by atoms with Crippen molar-refractivity contribution in [2.75, 3.05) is 16.8 Å². The van der Waals surface area contributed by atoms with Gasteiger partial charge in [-0.3, -0.25) is 9.59 Å². The minimum Gasteiger partial charge on any atom is -0.369 e. The zero-order valence-corrected chi connectivity index (χ0v) is 17.2. The Morgan fingerprint density at radius 3 is 2.32 bits per heavy atom. The first-order valence-corrected chi connectivity index (χ1v) is 10.0. The van der Waals surface area contributed by atoms with Crippen LogP contribution in [0.5, 0.6) is 0 Å². The van der Waals surface area contributed by atoms with E-state index in [9.17, 15) is 9.59 Å². The maximum absolute atomic E-state index is 12.5. The van der Waals surface area contributed by atoms with Crippen molar-refractivity contribution in [1.29, 1.82) is 0 Å². The molecule has 0 aliphatic heterocycles. The molecule has 1 aliphatic rings. The van der Waals surface area contributed by atoms with Crippen molar-refractivity contribution in [3.63, 3.8) is 0 Å². The van der Waals surface area contributed by atoms with Gasteiger partial charge in [-0.2, -0.15) is 0 Å². The molecule has 0 saturated heterocycles. The molecule has 1 saturated carbocycles. The molecule has 0 unspecified atom stereocenters. The predicted molar refractivity (Wildman–Crippen MR) is 114 cm³/mol. The molecule has 1 fully saturated rings. The number of hydrogen-bond acceptors (Lipinski definition) is 3. The summed E-state index contributed by atoms with van der Waals surface area (Å²) in [5.41, 5.74) is 2.63. The zero-order chi connectivity index (χ0) is 20.3. The summed E-state index contributed by atoms with van der Waals surface area (Å²) in [7, 11) is 0. The van der Waals surface area contributed by atoms with Crippen LogP contribution in [-0.2, 0) is 0 Å². The molecule has 3 rings (SSSR count). The van der Waals surface area contributed by atoms with E-state index in [1.165, 1.54) is 0 Å². The number of amides is 2. The molecule has 28 heavy (non-hydrogen) atoms. The lowest BCUT2D eigenvalue weighted by Crippen LogP contribution is -2.30. The van der Waals surface area contributed by atoms with Gasteiger partial charge in [0.25, 0.3) is 11.8 Å². The number of nitrogens with zero attached hydrogens (tertiary/aromatic N) is 1. The SMILES string of the molecule is CCN(c1ccc(C(=O)Nc2ccc(C(=O)NC3CC3)c(Cl)c2)cc1)C(C)C. The molecule has 5 nitrogen and oxygen atoms in total. The molecule has 0 atom stereocenters. The number of carbonyl (C=O) groups excluding carboxylic acids is 2. The molecule has 6 heteroatoms. The van der Waals surface area contributed by atoms with Gasteiger partial charge in [0.05, 0.1) is 10.6 Å². The number of benzene rings is 2. The fourth-order valence-corrected chi connectivity index (χ4v) is 3.39. The van der Waals surface area contributed by atoms with Crippen molar-refractivity contribution in [2.45, 2.75) is 45.7 Å². The van der Waals surface area contributed by atoms with Crippen LogP contribution in [0, 0.1) is 0 Å². The first kappa shape index (κ1) is 20.2. The Morgan fingerprint density at radius 1 is 1.11 bits per heavy atom. The van der Waals surface area contributed by atoms with Crippen LogP contribution in [0.1, 0.15) is 54.3 Å². The summed E-state index contributed by atoms with van der Waals surface area (Å²) >= 11 is 6.24. The molecule has 2 N–H and O–H groups in total. The van der Waals surface area contributed by atoms with E-state index in [0.717, 1.165) is 25.1 Å². The van der Waals surface area contributed by atoms with Crippen LogP contribution < -0.4 is 15.5 Å². The van der Waals surface area contributed by atoms with Crippen LogP contribution in [0.25, 0.3) is 0 Å². The molecule has 0 aromatic heterocycles. The van der Waals surface area contributed by atoms with E-state index < -0.39 is 0 Å². The summed E-state index contributed by atoms with van der Waals surface area (Å²) in [5.74, 6) is -0.392. The van der Waals surface area contributed by atoms with Crippen molar-refractivity contribution in [3.05, 3.63) is 58.6 Å². The van der Waals surface area contributed by atoms with Gasteiger partial charge in [0.2, 0.25) is 0 Å². The van der Waals surface area contributed by atoms with Gasteiger partial charge in [0, 0.05) is 35.6 Å². The highest BCUT2D eigenvalue weighted by Crippen LogP contribution is 2.24. The van der Waals surface area contributed by atoms with Crippen LogP contribution in [0.3, 0.4) is 0 Å². The Kier molecular flexibility index (Phi) is 6.25. The lowest BCUT2D eigenvalue weighted by atomic mass is 10.1. The topological polar surface area (TPSA) is 61.4 Å². The number of hydrogen-bond donors (Lipinski definition) is 2. The van der Waals surface area contributed by atoms with Crippen LogP contribution in [-0.4, -0.2) is 30.4 Å². The summed E-state index contributed by atoms with van der Waals surface area (Å²) in [5, 5.41) is 6.07. The molecular weight excluding hydrogens is 374 g/mol. The predicted octanol–water partition coefficient (Wildman–Crippen LogP) is 4.72. The third-order valence-corrected chi connectivity index (χ3v) is 5.12. The third-order valence-electron chi connectivity index (χ3n) is 4.81. The second-order valence-electron chi connectivity index (χ2n) is 7.32. The normalized spacial score (nSPS) is 13.3. The number of carbonyl (C=O) groups is 2. The van der Waals surface area contributed by atoms with E-state index in [1.54, 1.807) is 18.2 Å². The summed E-state index contributed by atoms with van der Waals surface area (Å²) in [4.78, 5) is 26.9. The van der Waals surface area contributed by atoms with Gasteiger partial charge in [0.1, 0.15) is 0 Å². The number of halogens is 1. The van der Waals surface area contributed by atoms with Gasteiger partial charge in [-0.15, -0.1) is 0 Å². The van der Waals surface area contributed by atoms with E-state index >= 15 is 0 Å². The molecule has 0 bridgehead atoms. The Hall–Kier alpha value is -2.53.